The number of aliphatic hydroxyl groups is 1. The van der Waals surface area contributed by atoms with E-state index in [9.17, 15) is 9.90 Å². The fourth-order valence-electron chi connectivity index (χ4n) is 4.20. The molecule has 170 valence electrons. The first-order valence-electron chi connectivity index (χ1n) is 11.4. The second-order valence-electron chi connectivity index (χ2n) is 10.8. The van der Waals surface area contributed by atoms with Gasteiger partial charge in [-0.25, -0.2) is 4.79 Å². The van der Waals surface area contributed by atoms with E-state index in [0.29, 0.717) is 24.4 Å². The summed E-state index contributed by atoms with van der Waals surface area (Å²) in [5.74, 6) is 0.764. The summed E-state index contributed by atoms with van der Waals surface area (Å²) < 4.78 is 5.41. The summed E-state index contributed by atoms with van der Waals surface area (Å²) >= 11 is 0. The van der Waals surface area contributed by atoms with Gasteiger partial charge in [0.2, 0.25) is 0 Å². The van der Waals surface area contributed by atoms with Gasteiger partial charge in [-0.1, -0.05) is 51.1 Å². The molecule has 1 saturated carbocycles. The molecule has 0 radical (unpaired) electrons. The van der Waals surface area contributed by atoms with Crippen LogP contribution in [0.5, 0.6) is 0 Å². The van der Waals surface area contributed by atoms with E-state index in [0.717, 1.165) is 24.3 Å². The molecule has 1 amide bonds. The molecule has 2 atom stereocenters. The number of hydrogen-bond donors (Lipinski definition) is 3. The molecule has 0 unspecified atom stereocenters. The Balaban J connectivity index is 1.91. The quantitative estimate of drug-likeness (QED) is 0.601. The summed E-state index contributed by atoms with van der Waals surface area (Å²) in [5, 5.41) is 17.3. The van der Waals surface area contributed by atoms with Crippen molar-refractivity contribution in [1.29, 1.82) is 0 Å². The summed E-state index contributed by atoms with van der Waals surface area (Å²) in [5.41, 5.74) is 0.863. The van der Waals surface area contributed by atoms with Gasteiger partial charge in [0.25, 0.3) is 0 Å². The summed E-state index contributed by atoms with van der Waals surface area (Å²) in [4.78, 5) is 12.3. The maximum Gasteiger partial charge on any atom is 0.407 e. The summed E-state index contributed by atoms with van der Waals surface area (Å²) in [6, 6.07) is 9.94. The van der Waals surface area contributed by atoms with Crippen molar-refractivity contribution in [3.8, 4) is 0 Å². The number of amides is 1. The zero-order valence-electron chi connectivity index (χ0n) is 19.7. The third-order valence-corrected chi connectivity index (χ3v) is 6.03. The lowest BCUT2D eigenvalue weighted by Crippen LogP contribution is -2.51. The molecular weight excluding hydrogens is 376 g/mol. The van der Waals surface area contributed by atoms with Gasteiger partial charge in [0.15, 0.2) is 0 Å². The molecular formula is C25H42N2O3. The second kappa shape index (κ2) is 10.6. The molecule has 1 aromatic carbocycles. The van der Waals surface area contributed by atoms with Crippen LogP contribution in [0.1, 0.15) is 72.8 Å². The molecule has 0 saturated heterocycles. The van der Waals surface area contributed by atoms with Crippen LogP contribution < -0.4 is 10.6 Å². The fourth-order valence-corrected chi connectivity index (χ4v) is 4.20. The Labute approximate surface area is 183 Å². The minimum absolute atomic E-state index is 0.364. The van der Waals surface area contributed by atoms with E-state index < -0.39 is 23.8 Å². The van der Waals surface area contributed by atoms with E-state index in [1.54, 1.807) is 0 Å². The number of hydrogen-bond acceptors (Lipinski definition) is 4. The molecule has 2 rings (SSSR count). The Kier molecular flexibility index (Phi) is 8.74. The minimum Gasteiger partial charge on any atom is -0.444 e. The average Bonchev–Trinajstić information content (AvgIpc) is 2.64. The maximum absolute atomic E-state index is 12.3. The first kappa shape index (κ1) is 24.7. The van der Waals surface area contributed by atoms with Gasteiger partial charge in [0.1, 0.15) is 5.60 Å². The van der Waals surface area contributed by atoms with Gasteiger partial charge in [0.05, 0.1) is 12.1 Å². The van der Waals surface area contributed by atoms with Crippen LogP contribution in [0.25, 0.3) is 0 Å². The summed E-state index contributed by atoms with van der Waals surface area (Å²) in [6.45, 7) is 12.9. The molecule has 0 spiro atoms. The Morgan fingerprint density at radius 1 is 1.07 bits per heavy atom. The molecule has 5 heteroatoms. The highest BCUT2D eigenvalue weighted by Crippen LogP contribution is 2.37. The van der Waals surface area contributed by atoms with Crippen molar-refractivity contribution in [2.24, 2.45) is 11.3 Å². The van der Waals surface area contributed by atoms with Crippen molar-refractivity contribution in [3.05, 3.63) is 35.9 Å². The smallest absolute Gasteiger partial charge is 0.407 e. The Hall–Kier alpha value is -1.59. The highest BCUT2D eigenvalue weighted by Gasteiger charge is 2.30. The first-order valence-corrected chi connectivity index (χ1v) is 11.4. The van der Waals surface area contributed by atoms with Crippen LogP contribution in [0.2, 0.25) is 0 Å². The lowest BCUT2D eigenvalue weighted by molar-refractivity contribution is 0.0416. The first-order chi connectivity index (χ1) is 13.9. The Bertz CT molecular complexity index is 641. The van der Waals surface area contributed by atoms with Crippen molar-refractivity contribution in [2.45, 2.75) is 97.4 Å². The summed E-state index contributed by atoms with van der Waals surface area (Å²) in [6.07, 6.45) is 4.09. The number of ether oxygens (including phenoxy) is 1. The average molecular weight is 419 g/mol. The molecule has 1 aromatic rings. The standard InChI is InChI=1S/C25H42N2O3/c1-24(2,3)19-12-14-20(15-13-19)26-17-22(28)21(16-18-10-8-7-9-11-18)27-23(29)30-25(4,5)6/h7-11,19-22,26,28H,12-17H2,1-6H3,(H,27,29)/t19?,20?,21-,22-/m0/s1. The zero-order chi connectivity index (χ0) is 22.4. The number of alkyl carbamates (subject to hydrolysis) is 1. The van der Waals surface area contributed by atoms with Gasteiger partial charge in [-0.15, -0.1) is 0 Å². The van der Waals surface area contributed by atoms with Crippen LogP contribution in [0.3, 0.4) is 0 Å². The largest absolute Gasteiger partial charge is 0.444 e. The SMILES string of the molecule is CC(C)(C)OC(=O)N[C@@H](Cc1ccccc1)[C@@H](O)CNC1CCC(C(C)(C)C)CC1. The number of benzene rings is 1. The molecule has 0 bridgehead atoms. The number of aliphatic hydroxyl groups excluding tert-OH is 1. The predicted molar refractivity (Wildman–Crippen MR) is 123 cm³/mol. The molecule has 0 aliphatic heterocycles. The minimum atomic E-state index is -0.696. The van der Waals surface area contributed by atoms with Crippen molar-refractivity contribution >= 4 is 6.09 Å². The van der Waals surface area contributed by atoms with Gasteiger partial charge < -0.3 is 20.5 Å². The number of carbonyl (C=O) groups is 1. The molecule has 30 heavy (non-hydrogen) atoms. The van der Waals surface area contributed by atoms with Crippen LogP contribution in [-0.2, 0) is 11.2 Å². The highest BCUT2D eigenvalue weighted by atomic mass is 16.6. The van der Waals surface area contributed by atoms with Crippen molar-refractivity contribution in [2.75, 3.05) is 6.54 Å². The van der Waals surface area contributed by atoms with Gasteiger partial charge in [-0.3, -0.25) is 0 Å². The van der Waals surface area contributed by atoms with Crippen LogP contribution in [-0.4, -0.2) is 41.5 Å². The molecule has 5 nitrogen and oxygen atoms in total. The number of carbonyl (C=O) groups excluding carboxylic acids is 1. The van der Waals surface area contributed by atoms with Crippen molar-refractivity contribution in [1.82, 2.24) is 10.6 Å². The van der Waals surface area contributed by atoms with Crippen LogP contribution >= 0.6 is 0 Å². The fraction of sp³-hybridized carbons (Fsp3) is 0.720. The van der Waals surface area contributed by atoms with E-state index in [2.05, 4.69) is 31.4 Å². The third-order valence-electron chi connectivity index (χ3n) is 6.03. The Morgan fingerprint density at radius 2 is 1.67 bits per heavy atom. The monoisotopic (exact) mass is 418 g/mol. The molecule has 0 aromatic heterocycles. The lowest BCUT2D eigenvalue weighted by Gasteiger charge is -2.37. The second-order valence-corrected chi connectivity index (χ2v) is 10.8. The molecule has 1 fully saturated rings. The predicted octanol–water partition coefficient (Wildman–Crippen LogP) is 4.68. The zero-order valence-corrected chi connectivity index (χ0v) is 19.7. The molecule has 0 heterocycles. The van der Waals surface area contributed by atoms with Crippen molar-refractivity contribution in [3.63, 3.8) is 0 Å². The highest BCUT2D eigenvalue weighted by molar-refractivity contribution is 5.68. The van der Waals surface area contributed by atoms with E-state index in [4.69, 9.17) is 4.74 Å². The number of rotatable bonds is 7. The van der Waals surface area contributed by atoms with E-state index in [1.807, 2.05) is 51.1 Å². The van der Waals surface area contributed by atoms with E-state index in [1.165, 1.54) is 12.8 Å². The van der Waals surface area contributed by atoms with Crippen LogP contribution in [0, 0.1) is 11.3 Å². The van der Waals surface area contributed by atoms with Gasteiger partial charge in [0, 0.05) is 12.6 Å². The summed E-state index contributed by atoms with van der Waals surface area (Å²) in [7, 11) is 0. The molecule has 1 aliphatic rings. The lowest BCUT2D eigenvalue weighted by atomic mass is 9.71. The van der Waals surface area contributed by atoms with E-state index >= 15 is 0 Å². The van der Waals surface area contributed by atoms with Crippen LogP contribution in [0.4, 0.5) is 4.79 Å². The Morgan fingerprint density at radius 3 is 2.20 bits per heavy atom. The number of nitrogens with one attached hydrogen (secondary N) is 2. The topological polar surface area (TPSA) is 70.6 Å². The van der Waals surface area contributed by atoms with Crippen LogP contribution in [0.15, 0.2) is 30.3 Å². The normalized spacial score (nSPS) is 22.2. The van der Waals surface area contributed by atoms with Gasteiger partial charge >= 0.3 is 6.09 Å². The molecule has 1 aliphatic carbocycles. The van der Waals surface area contributed by atoms with E-state index in [-0.39, 0.29) is 0 Å². The third kappa shape index (κ3) is 8.65. The maximum atomic E-state index is 12.3. The molecule has 3 N–H and O–H groups in total. The van der Waals surface area contributed by atoms with Crippen molar-refractivity contribution < 1.29 is 14.6 Å². The van der Waals surface area contributed by atoms with Gasteiger partial charge in [-0.2, -0.15) is 0 Å². The van der Waals surface area contributed by atoms with Gasteiger partial charge in [-0.05, 0) is 69.8 Å².